The van der Waals surface area contributed by atoms with Gasteiger partial charge >= 0.3 is 0 Å². The summed E-state index contributed by atoms with van der Waals surface area (Å²) in [7, 11) is 0. The molecule has 28 heavy (non-hydrogen) atoms. The number of halogens is 1. The van der Waals surface area contributed by atoms with Crippen LogP contribution in [0.5, 0.6) is 11.5 Å². The normalized spacial score (nSPS) is 10.9. The molecule has 0 bridgehead atoms. The maximum Gasteiger partial charge on any atom is 0.262 e. The molecule has 0 heterocycles. The third kappa shape index (κ3) is 6.14. The molecule has 0 radical (unpaired) electrons. The Morgan fingerprint density at radius 1 is 1.18 bits per heavy atom. The number of nitriles is 1. The summed E-state index contributed by atoms with van der Waals surface area (Å²) in [6.07, 6.45) is 2.42. The summed E-state index contributed by atoms with van der Waals surface area (Å²) in [6.45, 7) is 5.33. The van der Waals surface area contributed by atoms with Crippen molar-refractivity contribution in [1.29, 1.82) is 5.26 Å². The van der Waals surface area contributed by atoms with Crippen LogP contribution in [0.3, 0.4) is 0 Å². The van der Waals surface area contributed by atoms with Gasteiger partial charge in [0.15, 0.2) is 11.5 Å². The highest BCUT2D eigenvalue weighted by atomic mass is 79.9. The summed E-state index contributed by atoms with van der Waals surface area (Å²) in [5.41, 5.74) is 1.64. The number of ether oxygens (including phenoxy) is 2. The molecule has 6 heteroatoms. The minimum atomic E-state index is -0.428. The fourth-order valence-electron chi connectivity index (χ4n) is 2.43. The van der Waals surface area contributed by atoms with E-state index in [-0.39, 0.29) is 5.57 Å². The Bertz CT molecular complexity index is 873. The summed E-state index contributed by atoms with van der Waals surface area (Å²) >= 11 is 3.49. The van der Waals surface area contributed by atoms with Gasteiger partial charge in [-0.3, -0.25) is 4.79 Å². The van der Waals surface area contributed by atoms with Crippen molar-refractivity contribution in [3.63, 3.8) is 0 Å². The summed E-state index contributed by atoms with van der Waals surface area (Å²) in [4.78, 5) is 12.4. The van der Waals surface area contributed by atoms with Crippen LogP contribution in [0.15, 0.2) is 52.5 Å². The van der Waals surface area contributed by atoms with Crippen molar-refractivity contribution in [2.75, 3.05) is 13.2 Å². The molecular weight excluding hydrogens is 420 g/mol. The van der Waals surface area contributed by atoms with Crippen molar-refractivity contribution < 1.29 is 14.3 Å². The van der Waals surface area contributed by atoms with E-state index >= 15 is 0 Å². The van der Waals surface area contributed by atoms with E-state index in [9.17, 15) is 10.1 Å². The molecule has 0 aliphatic rings. The van der Waals surface area contributed by atoms with Crippen molar-refractivity contribution in [3.05, 3.63) is 63.6 Å². The number of hydrogen-bond donors (Lipinski definition) is 1. The molecule has 0 aliphatic heterocycles. The Balaban J connectivity index is 2.23. The van der Waals surface area contributed by atoms with Crippen molar-refractivity contribution in [1.82, 2.24) is 5.32 Å². The van der Waals surface area contributed by atoms with Gasteiger partial charge < -0.3 is 14.8 Å². The van der Waals surface area contributed by atoms with Crippen LogP contribution in [0.4, 0.5) is 0 Å². The summed E-state index contributed by atoms with van der Waals surface area (Å²) in [5.74, 6) is 0.773. The molecule has 2 rings (SSSR count). The lowest BCUT2D eigenvalue weighted by atomic mass is 10.1. The molecule has 0 aliphatic carbocycles. The van der Waals surface area contributed by atoms with Crippen LogP contribution < -0.4 is 14.8 Å². The molecule has 0 saturated carbocycles. The number of hydrogen-bond acceptors (Lipinski definition) is 4. The van der Waals surface area contributed by atoms with Crippen molar-refractivity contribution >= 4 is 27.9 Å². The Morgan fingerprint density at radius 2 is 1.89 bits per heavy atom. The number of nitrogens with zero attached hydrogens (tertiary/aromatic N) is 1. The van der Waals surface area contributed by atoms with Gasteiger partial charge in [0.25, 0.3) is 5.91 Å². The first kappa shape index (κ1) is 21.5. The number of amides is 1. The van der Waals surface area contributed by atoms with Crippen molar-refractivity contribution in [3.8, 4) is 17.6 Å². The Kier molecular flexibility index (Phi) is 8.57. The van der Waals surface area contributed by atoms with Gasteiger partial charge in [-0.15, -0.1) is 0 Å². The lowest BCUT2D eigenvalue weighted by Gasteiger charge is -2.13. The highest BCUT2D eigenvalue weighted by molar-refractivity contribution is 9.10. The molecule has 146 valence electrons. The average Bonchev–Trinajstić information content (AvgIpc) is 2.71. The predicted octanol–water partition coefficient (Wildman–Crippen LogP) is 4.86. The molecule has 2 aromatic carbocycles. The largest absolute Gasteiger partial charge is 0.490 e. The van der Waals surface area contributed by atoms with Gasteiger partial charge in [-0.05, 0) is 42.7 Å². The van der Waals surface area contributed by atoms with Crippen LogP contribution in [0.1, 0.15) is 31.4 Å². The van der Waals surface area contributed by atoms with Gasteiger partial charge in [-0.25, -0.2) is 0 Å². The third-order valence-corrected chi connectivity index (χ3v) is 4.47. The van der Waals surface area contributed by atoms with Gasteiger partial charge in [-0.1, -0.05) is 53.2 Å². The summed E-state index contributed by atoms with van der Waals surface area (Å²) < 4.78 is 12.1. The number of nitrogens with one attached hydrogen (secondary N) is 1. The fourth-order valence-corrected chi connectivity index (χ4v) is 2.87. The van der Waals surface area contributed by atoms with Crippen LogP contribution >= 0.6 is 15.9 Å². The number of carbonyl (C=O) groups is 1. The molecule has 2 aromatic rings. The SMILES string of the molecule is CCCOc1cc(Br)c(/C=C(\C#N)C(=O)NCc2ccccc2)cc1OCC. The average molecular weight is 443 g/mol. The number of carbonyl (C=O) groups excluding carboxylic acids is 1. The first-order valence-electron chi connectivity index (χ1n) is 9.12. The van der Waals surface area contributed by atoms with Gasteiger partial charge in [-0.2, -0.15) is 5.26 Å². The minimum Gasteiger partial charge on any atom is -0.490 e. The molecule has 5 nitrogen and oxygen atoms in total. The van der Waals surface area contributed by atoms with Crippen LogP contribution in [0, 0.1) is 11.3 Å². The lowest BCUT2D eigenvalue weighted by molar-refractivity contribution is -0.117. The van der Waals surface area contributed by atoms with Crippen molar-refractivity contribution in [2.24, 2.45) is 0 Å². The Morgan fingerprint density at radius 3 is 2.54 bits per heavy atom. The van der Waals surface area contributed by atoms with Crippen LogP contribution in [0.25, 0.3) is 6.08 Å². The molecule has 0 saturated heterocycles. The van der Waals surface area contributed by atoms with Gasteiger partial charge in [0.05, 0.1) is 13.2 Å². The molecule has 0 atom stereocenters. The quantitative estimate of drug-likeness (QED) is 0.444. The highest BCUT2D eigenvalue weighted by Crippen LogP contribution is 2.35. The summed E-state index contributed by atoms with van der Waals surface area (Å²) in [6, 6.07) is 15.1. The van der Waals surface area contributed by atoms with E-state index in [4.69, 9.17) is 9.47 Å². The maximum atomic E-state index is 12.4. The van der Waals surface area contributed by atoms with Crippen LogP contribution in [-0.4, -0.2) is 19.1 Å². The smallest absolute Gasteiger partial charge is 0.262 e. The zero-order valence-corrected chi connectivity index (χ0v) is 17.6. The maximum absolute atomic E-state index is 12.4. The topological polar surface area (TPSA) is 71.3 Å². The van der Waals surface area contributed by atoms with Gasteiger partial charge in [0.2, 0.25) is 0 Å². The molecule has 0 spiro atoms. The van der Waals surface area contributed by atoms with E-state index in [0.29, 0.717) is 41.3 Å². The number of rotatable bonds is 9. The van der Waals surface area contributed by atoms with E-state index in [1.165, 1.54) is 6.08 Å². The molecular formula is C22H23BrN2O3. The Hall–Kier alpha value is -2.78. The molecule has 0 fully saturated rings. The second-order valence-corrected chi connectivity index (χ2v) is 6.79. The Labute approximate surface area is 174 Å². The number of benzene rings is 2. The van der Waals surface area contributed by atoms with E-state index < -0.39 is 5.91 Å². The molecule has 1 N–H and O–H groups in total. The second kappa shape index (κ2) is 11.2. The van der Waals surface area contributed by atoms with Gasteiger partial charge in [0.1, 0.15) is 11.6 Å². The second-order valence-electron chi connectivity index (χ2n) is 5.94. The third-order valence-electron chi connectivity index (χ3n) is 3.79. The first-order valence-corrected chi connectivity index (χ1v) is 9.91. The van der Waals surface area contributed by atoms with Crippen LogP contribution in [0.2, 0.25) is 0 Å². The van der Waals surface area contributed by atoms with Gasteiger partial charge in [0, 0.05) is 11.0 Å². The minimum absolute atomic E-state index is 0.0151. The van der Waals surface area contributed by atoms with E-state index in [1.54, 1.807) is 12.1 Å². The molecule has 0 aromatic heterocycles. The monoisotopic (exact) mass is 442 g/mol. The molecule has 1 amide bonds. The van der Waals surface area contributed by atoms with E-state index in [2.05, 4.69) is 21.2 Å². The zero-order chi connectivity index (χ0) is 20.4. The van der Waals surface area contributed by atoms with E-state index in [1.807, 2.05) is 50.2 Å². The fraction of sp³-hybridized carbons (Fsp3) is 0.273. The predicted molar refractivity (Wildman–Crippen MR) is 113 cm³/mol. The van der Waals surface area contributed by atoms with E-state index in [0.717, 1.165) is 12.0 Å². The van der Waals surface area contributed by atoms with Crippen LogP contribution in [-0.2, 0) is 11.3 Å². The molecule has 0 unspecified atom stereocenters. The lowest BCUT2D eigenvalue weighted by Crippen LogP contribution is -2.23. The van der Waals surface area contributed by atoms with Crippen molar-refractivity contribution in [2.45, 2.75) is 26.8 Å². The summed E-state index contributed by atoms with van der Waals surface area (Å²) in [5, 5.41) is 12.2. The zero-order valence-electron chi connectivity index (χ0n) is 16.0. The standard InChI is InChI=1S/C22H23BrN2O3/c1-3-10-28-21-13-19(23)17(12-20(21)27-4-2)11-18(14-24)22(26)25-15-16-8-6-5-7-9-16/h5-9,11-13H,3-4,10,15H2,1-2H3,(H,25,26)/b18-11+. The first-order chi connectivity index (χ1) is 13.6. The highest BCUT2D eigenvalue weighted by Gasteiger charge is 2.13.